The minimum Gasteiger partial charge on any atom is -0.396 e. The Hall–Kier alpha value is -0.900. The number of hydrogen-bond donors (Lipinski definition) is 2. The molecule has 0 unspecified atom stereocenters. The summed E-state index contributed by atoms with van der Waals surface area (Å²) in [5, 5.41) is 19.2. The summed E-state index contributed by atoms with van der Waals surface area (Å²) in [5.74, 6) is 0.645. The largest absolute Gasteiger partial charge is 0.396 e. The van der Waals surface area contributed by atoms with Crippen LogP contribution in [-0.2, 0) is 6.42 Å². The average molecular weight is 153 g/mol. The third kappa shape index (κ3) is 1.26. The van der Waals surface area contributed by atoms with Crippen molar-refractivity contribution in [2.75, 3.05) is 6.61 Å². The molecular formula is C7H11N3O. The number of nitrogens with zero attached hydrogens (tertiary/aromatic N) is 2. The van der Waals surface area contributed by atoms with Crippen molar-refractivity contribution in [3.8, 4) is 0 Å². The molecule has 0 radical (unpaired) electrons. The van der Waals surface area contributed by atoms with E-state index in [9.17, 15) is 0 Å². The molecule has 0 atom stereocenters. The maximum absolute atomic E-state index is 8.68. The van der Waals surface area contributed by atoms with Gasteiger partial charge in [0.25, 0.3) is 0 Å². The number of nitrogens with one attached hydrogen (secondary N) is 1. The van der Waals surface area contributed by atoms with Crippen molar-refractivity contribution in [2.45, 2.75) is 25.2 Å². The normalized spacial score (nSPS) is 17.2. The second-order valence-electron chi connectivity index (χ2n) is 2.92. The van der Waals surface area contributed by atoms with Crippen molar-refractivity contribution >= 4 is 0 Å². The van der Waals surface area contributed by atoms with Gasteiger partial charge in [0.2, 0.25) is 0 Å². The molecule has 2 rings (SSSR count). The van der Waals surface area contributed by atoms with Gasteiger partial charge in [0, 0.05) is 18.9 Å². The summed E-state index contributed by atoms with van der Waals surface area (Å²) in [5.41, 5.74) is 2.08. The fourth-order valence-electron chi connectivity index (χ4n) is 1.25. The van der Waals surface area contributed by atoms with Gasteiger partial charge in [0.05, 0.1) is 11.4 Å². The SMILES string of the molecule is OCCc1nn[nH]c1C1CC1. The highest BCUT2D eigenvalue weighted by atomic mass is 16.3. The van der Waals surface area contributed by atoms with E-state index in [1.165, 1.54) is 12.8 Å². The highest BCUT2D eigenvalue weighted by molar-refractivity contribution is 5.18. The van der Waals surface area contributed by atoms with Crippen molar-refractivity contribution in [1.29, 1.82) is 0 Å². The smallest absolute Gasteiger partial charge is 0.0882 e. The van der Waals surface area contributed by atoms with E-state index in [0.717, 1.165) is 11.4 Å². The summed E-state index contributed by atoms with van der Waals surface area (Å²) >= 11 is 0. The summed E-state index contributed by atoms with van der Waals surface area (Å²) in [6.45, 7) is 0.159. The quantitative estimate of drug-likeness (QED) is 0.652. The zero-order chi connectivity index (χ0) is 7.68. The van der Waals surface area contributed by atoms with Gasteiger partial charge in [-0.1, -0.05) is 5.21 Å². The molecule has 4 heteroatoms. The molecule has 1 aromatic heterocycles. The van der Waals surface area contributed by atoms with Gasteiger partial charge in [-0.15, -0.1) is 5.10 Å². The lowest BCUT2D eigenvalue weighted by molar-refractivity contribution is 0.298. The van der Waals surface area contributed by atoms with E-state index in [-0.39, 0.29) is 6.61 Å². The van der Waals surface area contributed by atoms with Crippen LogP contribution in [0.2, 0.25) is 0 Å². The molecule has 1 saturated carbocycles. The third-order valence-electron chi connectivity index (χ3n) is 1.99. The highest BCUT2D eigenvalue weighted by Crippen LogP contribution is 2.39. The summed E-state index contributed by atoms with van der Waals surface area (Å²) in [7, 11) is 0. The van der Waals surface area contributed by atoms with Crippen molar-refractivity contribution in [2.24, 2.45) is 0 Å². The van der Waals surface area contributed by atoms with E-state index >= 15 is 0 Å². The fraction of sp³-hybridized carbons (Fsp3) is 0.714. The molecule has 0 amide bonds. The zero-order valence-electron chi connectivity index (χ0n) is 6.25. The van der Waals surface area contributed by atoms with Gasteiger partial charge in [0.15, 0.2) is 0 Å². The van der Waals surface area contributed by atoms with Gasteiger partial charge in [-0.25, -0.2) is 0 Å². The minimum absolute atomic E-state index is 0.159. The Labute approximate surface area is 64.6 Å². The Kier molecular flexibility index (Phi) is 1.62. The molecule has 0 spiro atoms. The van der Waals surface area contributed by atoms with Gasteiger partial charge in [-0.3, -0.25) is 5.10 Å². The number of aliphatic hydroxyl groups excluding tert-OH is 1. The predicted molar refractivity (Wildman–Crippen MR) is 39.1 cm³/mol. The minimum atomic E-state index is 0.159. The van der Waals surface area contributed by atoms with Gasteiger partial charge in [-0.2, -0.15) is 0 Å². The molecule has 1 aliphatic rings. The first kappa shape index (κ1) is 6.79. The lowest BCUT2D eigenvalue weighted by Gasteiger charge is -1.94. The van der Waals surface area contributed by atoms with E-state index < -0.39 is 0 Å². The predicted octanol–water partition coefficient (Wildman–Crippen LogP) is 0.217. The summed E-state index contributed by atoms with van der Waals surface area (Å²) in [4.78, 5) is 0. The monoisotopic (exact) mass is 153 g/mol. The number of rotatable bonds is 3. The van der Waals surface area contributed by atoms with Crippen LogP contribution in [0.3, 0.4) is 0 Å². The first-order valence-corrected chi connectivity index (χ1v) is 3.92. The first-order valence-electron chi connectivity index (χ1n) is 3.92. The van der Waals surface area contributed by atoms with Crippen molar-refractivity contribution < 1.29 is 5.11 Å². The van der Waals surface area contributed by atoms with Gasteiger partial charge >= 0.3 is 0 Å². The van der Waals surface area contributed by atoms with E-state index in [0.29, 0.717) is 12.3 Å². The Balaban J connectivity index is 2.16. The molecule has 1 fully saturated rings. The fourth-order valence-corrected chi connectivity index (χ4v) is 1.25. The number of hydrogen-bond acceptors (Lipinski definition) is 3. The van der Waals surface area contributed by atoms with E-state index in [4.69, 9.17) is 5.11 Å². The average Bonchev–Trinajstić information content (AvgIpc) is 2.75. The van der Waals surface area contributed by atoms with Crippen LogP contribution < -0.4 is 0 Å². The van der Waals surface area contributed by atoms with E-state index in [1.54, 1.807) is 0 Å². The van der Waals surface area contributed by atoms with Crippen LogP contribution in [0.15, 0.2) is 0 Å². The Morgan fingerprint density at radius 2 is 2.36 bits per heavy atom. The molecule has 2 N–H and O–H groups in total. The Morgan fingerprint density at radius 3 is 3.00 bits per heavy atom. The van der Waals surface area contributed by atoms with Crippen LogP contribution in [0.4, 0.5) is 0 Å². The van der Waals surface area contributed by atoms with Crippen LogP contribution in [0.5, 0.6) is 0 Å². The van der Waals surface area contributed by atoms with E-state index in [1.807, 2.05) is 0 Å². The van der Waals surface area contributed by atoms with Crippen LogP contribution >= 0.6 is 0 Å². The molecule has 0 aromatic carbocycles. The Morgan fingerprint density at radius 1 is 1.55 bits per heavy atom. The molecule has 0 saturated heterocycles. The van der Waals surface area contributed by atoms with Crippen LogP contribution in [-0.4, -0.2) is 27.1 Å². The number of aliphatic hydroxyl groups is 1. The van der Waals surface area contributed by atoms with Gasteiger partial charge in [0.1, 0.15) is 0 Å². The van der Waals surface area contributed by atoms with Crippen molar-refractivity contribution in [1.82, 2.24) is 15.4 Å². The molecule has 1 aromatic rings. The van der Waals surface area contributed by atoms with Gasteiger partial charge in [-0.05, 0) is 12.8 Å². The number of aromatic amines is 1. The summed E-state index contributed by atoms with van der Waals surface area (Å²) < 4.78 is 0. The number of aromatic nitrogens is 3. The topological polar surface area (TPSA) is 61.8 Å². The molecular weight excluding hydrogens is 142 g/mol. The van der Waals surface area contributed by atoms with E-state index in [2.05, 4.69) is 15.4 Å². The summed E-state index contributed by atoms with van der Waals surface area (Å²) in [6.07, 6.45) is 3.10. The standard InChI is InChI=1S/C7H11N3O/c11-4-3-6-7(5-1-2-5)9-10-8-6/h5,11H,1-4H2,(H,8,9,10). The number of H-pyrrole nitrogens is 1. The zero-order valence-corrected chi connectivity index (χ0v) is 6.25. The molecule has 60 valence electrons. The molecule has 4 nitrogen and oxygen atoms in total. The maximum Gasteiger partial charge on any atom is 0.0882 e. The molecule has 1 aliphatic carbocycles. The second kappa shape index (κ2) is 2.62. The van der Waals surface area contributed by atoms with Gasteiger partial charge < -0.3 is 5.11 Å². The lowest BCUT2D eigenvalue weighted by atomic mass is 10.2. The molecule has 0 aliphatic heterocycles. The molecule has 11 heavy (non-hydrogen) atoms. The van der Waals surface area contributed by atoms with Crippen molar-refractivity contribution in [3.05, 3.63) is 11.4 Å². The van der Waals surface area contributed by atoms with Crippen LogP contribution in [0.25, 0.3) is 0 Å². The van der Waals surface area contributed by atoms with Crippen LogP contribution in [0, 0.1) is 0 Å². The lowest BCUT2D eigenvalue weighted by Crippen LogP contribution is -1.95. The summed E-state index contributed by atoms with van der Waals surface area (Å²) in [6, 6.07) is 0. The third-order valence-corrected chi connectivity index (χ3v) is 1.99. The maximum atomic E-state index is 8.68. The first-order chi connectivity index (χ1) is 5.42. The Bertz CT molecular complexity index is 242. The van der Waals surface area contributed by atoms with Crippen LogP contribution in [0.1, 0.15) is 30.1 Å². The van der Waals surface area contributed by atoms with Crippen molar-refractivity contribution in [3.63, 3.8) is 0 Å². The highest BCUT2D eigenvalue weighted by Gasteiger charge is 2.28. The molecule has 0 bridgehead atoms. The molecule has 1 heterocycles. The second-order valence-corrected chi connectivity index (χ2v) is 2.92.